The van der Waals surface area contributed by atoms with Gasteiger partial charge in [0.1, 0.15) is 6.33 Å². The predicted molar refractivity (Wildman–Crippen MR) is 99.1 cm³/mol. The maximum absolute atomic E-state index is 12.4. The summed E-state index contributed by atoms with van der Waals surface area (Å²) in [7, 11) is 0. The first-order chi connectivity index (χ1) is 13.5. The van der Waals surface area contributed by atoms with Crippen LogP contribution in [0.1, 0.15) is 34.6 Å². The van der Waals surface area contributed by atoms with Crippen molar-refractivity contribution in [3.8, 4) is 5.69 Å². The van der Waals surface area contributed by atoms with E-state index < -0.39 is 18.0 Å². The molecule has 0 spiro atoms. The predicted octanol–water partition coefficient (Wildman–Crippen LogP) is 2.05. The number of amides is 1. The third-order valence-electron chi connectivity index (χ3n) is 3.91. The fourth-order valence-electron chi connectivity index (χ4n) is 2.47. The van der Waals surface area contributed by atoms with Gasteiger partial charge in [0.2, 0.25) is 0 Å². The van der Waals surface area contributed by atoms with Gasteiger partial charge in [0, 0.05) is 5.56 Å². The number of hydrogen-bond donors (Lipinski definition) is 1. The third-order valence-corrected chi connectivity index (χ3v) is 3.91. The van der Waals surface area contributed by atoms with E-state index in [2.05, 4.69) is 20.8 Å². The molecule has 3 aromatic rings. The highest BCUT2D eigenvalue weighted by atomic mass is 16.5. The van der Waals surface area contributed by atoms with Gasteiger partial charge in [-0.3, -0.25) is 9.59 Å². The molecule has 142 valence electrons. The Morgan fingerprint density at radius 1 is 1.11 bits per heavy atom. The van der Waals surface area contributed by atoms with E-state index in [1.165, 1.54) is 24.9 Å². The first kappa shape index (κ1) is 18.9. The van der Waals surface area contributed by atoms with Crippen molar-refractivity contribution in [2.45, 2.75) is 20.0 Å². The number of hydrogen-bond acceptors (Lipinski definition) is 7. The zero-order valence-electron chi connectivity index (χ0n) is 15.2. The van der Waals surface area contributed by atoms with E-state index in [4.69, 9.17) is 4.74 Å². The Bertz CT molecular complexity index is 1020. The van der Waals surface area contributed by atoms with E-state index in [0.717, 1.165) is 0 Å². The van der Waals surface area contributed by atoms with Crippen molar-refractivity contribution < 1.29 is 19.1 Å². The molecule has 9 heteroatoms. The number of carbonyl (C=O) groups is 3. The molecule has 0 radical (unpaired) electrons. The smallest absolute Gasteiger partial charge is 0.338 e. The molecule has 0 saturated heterocycles. The van der Waals surface area contributed by atoms with Gasteiger partial charge >= 0.3 is 5.97 Å². The largest absolute Gasteiger partial charge is 0.449 e. The van der Waals surface area contributed by atoms with Crippen molar-refractivity contribution in [1.82, 2.24) is 20.2 Å². The number of ether oxygens (including phenoxy) is 1. The number of anilines is 1. The van der Waals surface area contributed by atoms with Crippen LogP contribution in [-0.2, 0) is 9.53 Å². The van der Waals surface area contributed by atoms with Crippen molar-refractivity contribution in [3.63, 3.8) is 0 Å². The van der Waals surface area contributed by atoms with Gasteiger partial charge in [0.15, 0.2) is 11.9 Å². The molecule has 9 nitrogen and oxygen atoms in total. The highest BCUT2D eigenvalue weighted by molar-refractivity contribution is 6.05. The molecule has 0 fully saturated rings. The minimum Gasteiger partial charge on any atom is -0.449 e. The zero-order valence-corrected chi connectivity index (χ0v) is 15.2. The molecule has 0 bridgehead atoms. The lowest BCUT2D eigenvalue weighted by molar-refractivity contribution is -0.123. The maximum Gasteiger partial charge on any atom is 0.338 e. The molecule has 28 heavy (non-hydrogen) atoms. The SMILES string of the molecule is CC(=O)c1ccccc1NC(=O)C(C)OC(=O)c1cccc(-n2cnnn2)c1. The summed E-state index contributed by atoms with van der Waals surface area (Å²) in [5, 5.41) is 13.5. The Labute approximate surface area is 160 Å². The number of nitrogens with zero attached hydrogens (tertiary/aromatic N) is 4. The minimum absolute atomic E-state index is 0.181. The number of esters is 1. The second-order valence-corrected chi connectivity index (χ2v) is 5.94. The van der Waals surface area contributed by atoms with Gasteiger partial charge in [-0.05, 0) is 54.6 Å². The highest BCUT2D eigenvalue weighted by Crippen LogP contribution is 2.17. The average molecular weight is 379 g/mol. The van der Waals surface area contributed by atoms with E-state index in [9.17, 15) is 14.4 Å². The topological polar surface area (TPSA) is 116 Å². The van der Waals surface area contributed by atoms with Gasteiger partial charge in [-0.2, -0.15) is 0 Å². The van der Waals surface area contributed by atoms with Crippen molar-refractivity contribution in [1.29, 1.82) is 0 Å². The number of aromatic nitrogens is 4. The van der Waals surface area contributed by atoms with Crippen molar-refractivity contribution in [2.75, 3.05) is 5.32 Å². The Balaban J connectivity index is 1.68. The van der Waals surface area contributed by atoms with Crippen LogP contribution in [0.3, 0.4) is 0 Å². The van der Waals surface area contributed by atoms with E-state index >= 15 is 0 Å². The molecule has 1 amide bonds. The Hall–Kier alpha value is -3.88. The molecule has 1 N–H and O–H groups in total. The van der Waals surface area contributed by atoms with Gasteiger partial charge in [-0.1, -0.05) is 18.2 Å². The van der Waals surface area contributed by atoms with E-state index in [-0.39, 0.29) is 11.3 Å². The lowest BCUT2D eigenvalue weighted by Crippen LogP contribution is -2.30. The van der Waals surface area contributed by atoms with Crippen LogP contribution in [0, 0.1) is 0 Å². The number of ketones is 1. The van der Waals surface area contributed by atoms with Crippen LogP contribution < -0.4 is 5.32 Å². The zero-order chi connectivity index (χ0) is 20.1. The number of tetrazole rings is 1. The molecule has 0 aliphatic carbocycles. The Kier molecular flexibility index (Phi) is 5.54. The molecule has 2 aromatic carbocycles. The monoisotopic (exact) mass is 379 g/mol. The van der Waals surface area contributed by atoms with Crippen molar-refractivity contribution >= 4 is 23.3 Å². The minimum atomic E-state index is -1.07. The number of nitrogens with one attached hydrogen (secondary N) is 1. The molecule has 1 atom stereocenters. The number of benzene rings is 2. The standard InChI is InChI=1S/C19H17N5O4/c1-12(25)16-8-3-4-9-17(16)21-18(26)13(2)28-19(27)14-6-5-7-15(10-14)24-11-20-22-23-24/h3-11,13H,1-2H3,(H,21,26). The number of carbonyl (C=O) groups excluding carboxylic acids is 3. The van der Waals surface area contributed by atoms with E-state index in [0.29, 0.717) is 16.9 Å². The molecule has 3 rings (SSSR count). The van der Waals surface area contributed by atoms with Gasteiger partial charge in [0.05, 0.1) is 16.9 Å². The lowest BCUT2D eigenvalue weighted by atomic mass is 10.1. The van der Waals surface area contributed by atoms with E-state index in [1.807, 2.05) is 0 Å². The van der Waals surface area contributed by atoms with Gasteiger partial charge < -0.3 is 10.1 Å². The first-order valence-electron chi connectivity index (χ1n) is 8.41. The normalized spacial score (nSPS) is 11.5. The van der Waals surface area contributed by atoms with Crippen LogP contribution in [0.2, 0.25) is 0 Å². The molecular formula is C19H17N5O4. The summed E-state index contributed by atoms with van der Waals surface area (Å²) in [6.45, 7) is 2.86. The Morgan fingerprint density at radius 3 is 2.61 bits per heavy atom. The van der Waals surface area contributed by atoms with Gasteiger partial charge in [-0.25, -0.2) is 9.48 Å². The summed E-state index contributed by atoms with van der Waals surface area (Å²) in [6, 6.07) is 13.1. The molecule has 1 heterocycles. The third kappa shape index (κ3) is 4.26. The van der Waals surface area contributed by atoms with Crippen LogP contribution in [-0.4, -0.2) is 44.0 Å². The highest BCUT2D eigenvalue weighted by Gasteiger charge is 2.20. The quantitative estimate of drug-likeness (QED) is 0.515. The average Bonchev–Trinajstić information content (AvgIpc) is 3.23. The summed E-state index contributed by atoms with van der Waals surface area (Å²) in [6.07, 6.45) is 0.330. The van der Waals surface area contributed by atoms with Crippen LogP contribution in [0.15, 0.2) is 54.9 Å². The second kappa shape index (κ2) is 8.21. The van der Waals surface area contributed by atoms with Gasteiger partial charge in [0.25, 0.3) is 5.91 Å². The maximum atomic E-state index is 12.4. The summed E-state index contributed by atoms with van der Waals surface area (Å²) in [5.74, 6) is -1.39. The molecule has 0 saturated carbocycles. The van der Waals surface area contributed by atoms with Gasteiger partial charge in [-0.15, -0.1) is 5.10 Å². The van der Waals surface area contributed by atoms with Crippen LogP contribution >= 0.6 is 0 Å². The van der Waals surface area contributed by atoms with E-state index in [1.54, 1.807) is 48.5 Å². The van der Waals surface area contributed by atoms with Crippen LogP contribution in [0.5, 0.6) is 0 Å². The van der Waals surface area contributed by atoms with Crippen molar-refractivity contribution in [3.05, 3.63) is 66.0 Å². The fraction of sp³-hybridized carbons (Fsp3) is 0.158. The summed E-state index contributed by atoms with van der Waals surface area (Å²) < 4.78 is 6.64. The number of para-hydroxylation sites is 1. The molecule has 1 aromatic heterocycles. The first-order valence-corrected chi connectivity index (χ1v) is 8.41. The summed E-state index contributed by atoms with van der Waals surface area (Å²) >= 11 is 0. The number of Topliss-reactive ketones (excluding diaryl/α,β-unsaturated/α-hetero) is 1. The van der Waals surface area contributed by atoms with Crippen molar-refractivity contribution in [2.24, 2.45) is 0 Å². The summed E-state index contributed by atoms with van der Waals surface area (Å²) in [4.78, 5) is 36.4. The Morgan fingerprint density at radius 2 is 1.89 bits per heavy atom. The van der Waals surface area contributed by atoms with Crippen LogP contribution in [0.4, 0.5) is 5.69 Å². The second-order valence-electron chi connectivity index (χ2n) is 5.94. The molecule has 1 unspecified atom stereocenters. The molecule has 0 aliphatic rings. The van der Waals surface area contributed by atoms with Crippen LogP contribution in [0.25, 0.3) is 5.69 Å². The molecule has 0 aliphatic heterocycles. The summed E-state index contributed by atoms with van der Waals surface area (Å²) in [5.41, 5.74) is 1.57. The lowest BCUT2D eigenvalue weighted by Gasteiger charge is -2.15. The molecular weight excluding hydrogens is 362 g/mol. The fourth-order valence-corrected chi connectivity index (χ4v) is 2.47. The number of rotatable bonds is 6.